The molecule has 0 spiro atoms. The zero-order chi connectivity index (χ0) is 18.4. The highest BCUT2D eigenvalue weighted by Gasteiger charge is 2.14. The van der Waals surface area contributed by atoms with Crippen LogP contribution in [0.2, 0.25) is 10.0 Å². The Hall–Kier alpha value is -2.04. The third-order valence-corrected chi connectivity index (χ3v) is 4.41. The number of carbonyl (C=O) groups is 2. The topological polar surface area (TPSA) is 55.4 Å². The first-order valence-electron chi connectivity index (χ1n) is 7.92. The summed E-state index contributed by atoms with van der Waals surface area (Å²) >= 11 is 11.7. The first-order valence-corrected chi connectivity index (χ1v) is 8.68. The molecule has 0 aliphatic heterocycles. The van der Waals surface area contributed by atoms with Crippen molar-refractivity contribution < 1.29 is 14.3 Å². The van der Waals surface area contributed by atoms with Gasteiger partial charge < -0.3 is 10.1 Å². The Bertz CT molecular complexity index is 760. The van der Waals surface area contributed by atoms with Crippen molar-refractivity contribution in [2.45, 2.75) is 26.2 Å². The summed E-state index contributed by atoms with van der Waals surface area (Å²) in [5.41, 5.74) is 2.03. The third-order valence-electron chi connectivity index (χ3n) is 3.86. The molecule has 0 aliphatic carbocycles. The average molecular weight is 380 g/mol. The molecule has 0 unspecified atom stereocenters. The van der Waals surface area contributed by atoms with E-state index >= 15 is 0 Å². The minimum absolute atomic E-state index is 0.164. The van der Waals surface area contributed by atoms with Gasteiger partial charge in [0.15, 0.2) is 6.61 Å². The van der Waals surface area contributed by atoms with E-state index in [1.54, 1.807) is 0 Å². The number of amides is 1. The van der Waals surface area contributed by atoms with Crippen LogP contribution in [0.3, 0.4) is 0 Å². The number of halogens is 2. The van der Waals surface area contributed by atoms with Gasteiger partial charge in [-0.2, -0.15) is 0 Å². The normalized spacial score (nSPS) is 11.7. The number of hydrogen-bond acceptors (Lipinski definition) is 3. The van der Waals surface area contributed by atoms with Crippen LogP contribution in [0.4, 0.5) is 5.69 Å². The van der Waals surface area contributed by atoms with Crippen molar-refractivity contribution in [2.24, 2.45) is 0 Å². The zero-order valence-corrected chi connectivity index (χ0v) is 15.5. The second-order valence-electron chi connectivity index (χ2n) is 5.68. The largest absolute Gasteiger partial charge is 0.452 e. The van der Waals surface area contributed by atoms with Crippen molar-refractivity contribution in [3.05, 3.63) is 63.6 Å². The van der Waals surface area contributed by atoms with Crippen molar-refractivity contribution >= 4 is 40.8 Å². The second kappa shape index (κ2) is 8.88. The summed E-state index contributed by atoms with van der Waals surface area (Å²) in [6.45, 7) is 3.88. The molecule has 0 aliphatic rings. The summed E-state index contributed by atoms with van der Waals surface area (Å²) in [6, 6.07) is 12.0. The van der Waals surface area contributed by atoms with Crippen LogP contribution in [0.1, 0.15) is 42.1 Å². The smallest absolute Gasteiger partial charge is 0.340 e. The van der Waals surface area contributed by atoms with E-state index in [1.807, 2.05) is 24.3 Å². The van der Waals surface area contributed by atoms with E-state index in [0.717, 1.165) is 6.42 Å². The highest BCUT2D eigenvalue weighted by atomic mass is 35.5. The summed E-state index contributed by atoms with van der Waals surface area (Å²) in [5, 5.41) is 3.28. The predicted octanol–water partition coefficient (Wildman–Crippen LogP) is 5.30. The molecule has 1 N–H and O–H groups in total. The Morgan fingerprint density at radius 1 is 1.12 bits per heavy atom. The molecule has 1 atom stereocenters. The van der Waals surface area contributed by atoms with Gasteiger partial charge in [-0.25, -0.2) is 4.79 Å². The summed E-state index contributed by atoms with van der Waals surface area (Å²) in [7, 11) is 0. The summed E-state index contributed by atoms with van der Waals surface area (Å²) in [6.07, 6.45) is 1.05. The van der Waals surface area contributed by atoms with E-state index in [2.05, 4.69) is 19.2 Å². The first kappa shape index (κ1) is 19.3. The van der Waals surface area contributed by atoms with Crippen molar-refractivity contribution in [1.82, 2.24) is 0 Å². The zero-order valence-electron chi connectivity index (χ0n) is 14.0. The Morgan fingerprint density at radius 3 is 2.40 bits per heavy atom. The van der Waals surface area contributed by atoms with Crippen molar-refractivity contribution in [2.75, 3.05) is 11.9 Å². The molecule has 0 radical (unpaired) electrons. The quantitative estimate of drug-likeness (QED) is 0.692. The van der Waals surface area contributed by atoms with Crippen LogP contribution in [-0.4, -0.2) is 18.5 Å². The maximum Gasteiger partial charge on any atom is 0.340 e. The average Bonchev–Trinajstić information content (AvgIpc) is 2.59. The minimum atomic E-state index is -0.677. The molecule has 6 heteroatoms. The Kier molecular flexibility index (Phi) is 6.85. The number of rotatable bonds is 6. The van der Waals surface area contributed by atoms with Crippen LogP contribution in [0, 0.1) is 0 Å². The maximum atomic E-state index is 12.0. The molecule has 0 heterocycles. The van der Waals surface area contributed by atoms with E-state index in [1.165, 1.54) is 23.8 Å². The molecule has 0 fully saturated rings. The van der Waals surface area contributed by atoms with Crippen molar-refractivity contribution in [1.29, 1.82) is 0 Å². The fourth-order valence-corrected chi connectivity index (χ4v) is 2.68. The van der Waals surface area contributed by atoms with E-state index in [4.69, 9.17) is 27.9 Å². The van der Waals surface area contributed by atoms with Gasteiger partial charge in [0.1, 0.15) is 0 Å². The summed E-state index contributed by atoms with van der Waals surface area (Å²) in [5.74, 6) is -0.631. The van der Waals surface area contributed by atoms with E-state index < -0.39 is 18.5 Å². The molecule has 2 aromatic rings. The molecule has 0 saturated heterocycles. The minimum Gasteiger partial charge on any atom is -0.452 e. The van der Waals surface area contributed by atoms with Gasteiger partial charge in [-0.1, -0.05) is 49.2 Å². The standard InChI is InChI=1S/C19H19Cl2NO3/c1-3-12(2)13-4-7-15(8-5-13)22-18(23)11-25-19(24)16-9-6-14(20)10-17(16)21/h4-10,12H,3,11H2,1-2H3,(H,22,23)/t12-/m0/s1. The number of hydrogen-bond donors (Lipinski definition) is 1. The van der Waals surface area contributed by atoms with Crippen molar-refractivity contribution in [3.8, 4) is 0 Å². The summed E-state index contributed by atoms with van der Waals surface area (Å²) < 4.78 is 4.98. The lowest BCUT2D eigenvalue weighted by Crippen LogP contribution is -2.21. The van der Waals surface area contributed by atoms with Crippen LogP contribution >= 0.6 is 23.2 Å². The van der Waals surface area contributed by atoms with E-state index in [0.29, 0.717) is 16.6 Å². The van der Waals surface area contributed by atoms with Gasteiger partial charge in [0.25, 0.3) is 5.91 Å². The predicted molar refractivity (Wildman–Crippen MR) is 101 cm³/mol. The molecule has 2 rings (SSSR count). The molecule has 0 saturated carbocycles. The van der Waals surface area contributed by atoms with Gasteiger partial charge in [-0.05, 0) is 48.2 Å². The number of anilines is 1. The monoisotopic (exact) mass is 379 g/mol. The number of nitrogens with one attached hydrogen (secondary N) is 1. The molecular formula is C19H19Cl2NO3. The second-order valence-corrected chi connectivity index (χ2v) is 6.52. The van der Waals surface area contributed by atoms with E-state index in [9.17, 15) is 9.59 Å². The van der Waals surface area contributed by atoms with Gasteiger partial charge in [-0.3, -0.25) is 4.79 Å². The number of benzene rings is 2. The lowest BCUT2D eigenvalue weighted by molar-refractivity contribution is -0.119. The van der Waals surface area contributed by atoms with Crippen LogP contribution in [0.15, 0.2) is 42.5 Å². The van der Waals surface area contributed by atoms with Crippen LogP contribution in [0.25, 0.3) is 0 Å². The molecule has 4 nitrogen and oxygen atoms in total. The molecule has 132 valence electrons. The maximum absolute atomic E-state index is 12.0. The van der Waals surface area contributed by atoms with Crippen LogP contribution < -0.4 is 5.32 Å². The lowest BCUT2D eigenvalue weighted by Gasteiger charge is -2.11. The highest BCUT2D eigenvalue weighted by molar-refractivity contribution is 6.36. The van der Waals surface area contributed by atoms with Gasteiger partial charge in [0.05, 0.1) is 10.6 Å². The molecule has 1 amide bonds. The Labute approximate surface area is 157 Å². The van der Waals surface area contributed by atoms with Crippen LogP contribution in [0.5, 0.6) is 0 Å². The summed E-state index contributed by atoms with van der Waals surface area (Å²) in [4.78, 5) is 23.9. The first-order chi connectivity index (χ1) is 11.9. The Morgan fingerprint density at radius 2 is 1.80 bits per heavy atom. The molecule has 0 bridgehead atoms. The van der Waals surface area contributed by atoms with Gasteiger partial charge in [0, 0.05) is 10.7 Å². The van der Waals surface area contributed by atoms with Gasteiger partial charge >= 0.3 is 5.97 Å². The number of esters is 1. The van der Waals surface area contributed by atoms with Crippen LogP contribution in [-0.2, 0) is 9.53 Å². The fraction of sp³-hybridized carbons (Fsp3) is 0.263. The molecule has 25 heavy (non-hydrogen) atoms. The lowest BCUT2D eigenvalue weighted by atomic mass is 9.99. The van der Waals surface area contributed by atoms with Gasteiger partial charge in [-0.15, -0.1) is 0 Å². The number of ether oxygens (including phenoxy) is 1. The number of carbonyl (C=O) groups excluding carboxylic acids is 2. The third kappa shape index (κ3) is 5.48. The Balaban J connectivity index is 1.89. The SMILES string of the molecule is CC[C@H](C)c1ccc(NC(=O)COC(=O)c2ccc(Cl)cc2Cl)cc1. The van der Waals surface area contributed by atoms with E-state index in [-0.39, 0.29) is 10.6 Å². The molecule has 2 aromatic carbocycles. The molecule has 0 aromatic heterocycles. The van der Waals surface area contributed by atoms with Crippen molar-refractivity contribution in [3.63, 3.8) is 0 Å². The fourth-order valence-electron chi connectivity index (χ4n) is 2.19. The molecular weight excluding hydrogens is 361 g/mol. The van der Waals surface area contributed by atoms with Gasteiger partial charge in [0.2, 0.25) is 0 Å². The highest BCUT2D eigenvalue weighted by Crippen LogP contribution is 2.22.